The highest BCUT2D eigenvalue weighted by atomic mass is 19.4. The summed E-state index contributed by atoms with van der Waals surface area (Å²) in [6.07, 6.45) is -6.53. The highest BCUT2D eigenvalue weighted by Crippen LogP contribution is 2.36. The predicted molar refractivity (Wildman–Crippen MR) is 135 cm³/mol. The van der Waals surface area contributed by atoms with Crippen LogP contribution in [0.1, 0.15) is 21.6 Å². The van der Waals surface area contributed by atoms with Crippen molar-refractivity contribution in [3.63, 3.8) is 0 Å². The third-order valence-electron chi connectivity index (χ3n) is 6.38. The Labute approximate surface area is 234 Å². The fraction of sp³-hybridized carbons (Fsp3) is 0.296. The van der Waals surface area contributed by atoms with Crippen molar-refractivity contribution < 1.29 is 40.4 Å². The number of amides is 1. The molecule has 0 radical (unpaired) electrons. The highest BCUT2D eigenvalue weighted by molar-refractivity contribution is 5.92. The molecule has 15 heteroatoms. The standard InChI is InChI=1S/C27H22F6N6O3/c28-26(29,30)16-41-18-7-5-17(6-8-18)15-38-9-11-39(12-10-38)25(40)22-14-34-21(13-35-22)23-36-24(42-37-23)19-3-1-2-4-20(19)27(31,32)33/h1-8,13-14H,9-12,15-16H2. The van der Waals surface area contributed by atoms with Gasteiger partial charge in [-0.15, -0.1) is 0 Å². The molecule has 0 spiro atoms. The summed E-state index contributed by atoms with van der Waals surface area (Å²) in [7, 11) is 0. The summed E-state index contributed by atoms with van der Waals surface area (Å²) in [6.45, 7) is 1.16. The Kier molecular flexibility index (Phi) is 8.11. The third kappa shape index (κ3) is 7.02. The quantitative estimate of drug-likeness (QED) is 0.273. The number of aromatic nitrogens is 4. The van der Waals surface area contributed by atoms with Crippen LogP contribution < -0.4 is 4.74 Å². The molecule has 220 valence electrons. The van der Waals surface area contributed by atoms with Gasteiger partial charge in [-0.05, 0) is 29.8 Å². The van der Waals surface area contributed by atoms with E-state index >= 15 is 0 Å². The number of halogens is 6. The number of carbonyl (C=O) groups is 1. The number of nitrogens with zero attached hydrogens (tertiary/aromatic N) is 6. The van der Waals surface area contributed by atoms with Crippen molar-refractivity contribution in [3.8, 4) is 28.7 Å². The zero-order valence-electron chi connectivity index (χ0n) is 21.7. The van der Waals surface area contributed by atoms with Gasteiger partial charge in [0.15, 0.2) is 6.61 Å². The van der Waals surface area contributed by atoms with Crippen molar-refractivity contribution in [1.29, 1.82) is 0 Å². The van der Waals surface area contributed by atoms with Gasteiger partial charge in [0.05, 0.1) is 23.5 Å². The molecule has 1 fully saturated rings. The van der Waals surface area contributed by atoms with E-state index in [0.717, 1.165) is 11.6 Å². The molecule has 0 unspecified atom stereocenters. The van der Waals surface area contributed by atoms with E-state index in [9.17, 15) is 31.1 Å². The summed E-state index contributed by atoms with van der Waals surface area (Å²) in [6, 6.07) is 11.2. The van der Waals surface area contributed by atoms with Crippen LogP contribution in [-0.4, -0.2) is 74.8 Å². The van der Waals surface area contributed by atoms with E-state index < -0.39 is 24.5 Å². The van der Waals surface area contributed by atoms with E-state index in [2.05, 4.69) is 25.0 Å². The first-order valence-corrected chi connectivity index (χ1v) is 12.6. The lowest BCUT2D eigenvalue weighted by molar-refractivity contribution is -0.153. The number of alkyl halides is 6. The topological polar surface area (TPSA) is 97.5 Å². The van der Waals surface area contributed by atoms with Crippen molar-refractivity contribution in [1.82, 2.24) is 29.9 Å². The average molecular weight is 593 g/mol. The van der Waals surface area contributed by atoms with E-state index in [-0.39, 0.29) is 40.3 Å². The van der Waals surface area contributed by atoms with Crippen molar-refractivity contribution in [2.75, 3.05) is 32.8 Å². The van der Waals surface area contributed by atoms with E-state index in [1.54, 1.807) is 17.0 Å². The fourth-order valence-electron chi connectivity index (χ4n) is 4.29. The van der Waals surface area contributed by atoms with Crippen LogP contribution in [0, 0.1) is 0 Å². The van der Waals surface area contributed by atoms with Crippen molar-refractivity contribution >= 4 is 5.91 Å². The summed E-state index contributed by atoms with van der Waals surface area (Å²) in [5.41, 5.74) is -0.102. The summed E-state index contributed by atoms with van der Waals surface area (Å²) in [4.78, 5) is 29.0. The lowest BCUT2D eigenvalue weighted by Gasteiger charge is -2.34. The Hall–Kier alpha value is -4.53. The Morgan fingerprint density at radius 3 is 2.26 bits per heavy atom. The van der Waals surface area contributed by atoms with Gasteiger partial charge in [0.1, 0.15) is 17.1 Å². The number of carbonyl (C=O) groups excluding carboxylic acids is 1. The maximum Gasteiger partial charge on any atom is 0.422 e. The van der Waals surface area contributed by atoms with Gasteiger partial charge in [0, 0.05) is 32.7 Å². The van der Waals surface area contributed by atoms with Crippen LogP contribution >= 0.6 is 0 Å². The molecule has 0 bridgehead atoms. The van der Waals surface area contributed by atoms with Crippen LogP contribution in [0.15, 0.2) is 65.4 Å². The van der Waals surface area contributed by atoms with Gasteiger partial charge in [-0.2, -0.15) is 31.3 Å². The lowest BCUT2D eigenvalue weighted by Crippen LogP contribution is -2.48. The monoisotopic (exact) mass is 592 g/mol. The Morgan fingerprint density at radius 1 is 0.905 bits per heavy atom. The van der Waals surface area contributed by atoms with Gasteiger partial charge in [0.2, 0.25) is 5.82 Å². The molecule has 42 heavy (non-hydrogen) atoms. The molecular weight excluding hydrogens is 570 g/mol. The zero-order chi connectivity index (χ0) is 29.9. The lowest BCUT2D eigenvalue weighted by atomic mass is 10.1. The molecule has 0 aliphatic carbocycles. The van der Waals surface area contributed by atoms with Crippen LogP contribution in [0.5, 0.6) is 5.75 Å². The van der Waals surface area contributed by atoms with Crippen molar-refractivity contribution in [2.24, 2.45) is 0 Å². The minimum Gasteiger partial charge on any atom is -0.484 e. The van der Waals surface area contributed by atoms with Crippen LogP contribution in [0.4, 0.5) is 26.3 Å². The predicted octanol–water partition coefficient (Wildman–Crippen LogP) is 5.11. The normalized spacial score (nSPS) is 14.7. The number of rotatable bonds is 7. The Morgan fingerprint density at radius 2 is 1.62 bits per heavy atom. The number of hydrogen-bond donors (Lipinski definition) is 0. The molecule has 0 N–H and O–H groups in total. The molecular formula is C27H22F6N6O3. The van der Waals surface area contributed by atoms with E-state index in [0.29, 0.717) is 32.7 Å². The smallest absolute Gasteiger partial charge is 0.422 e. The Bertz CT molecular complexity index is 1520. The van der Waals surface area contributed by atoms with Gasteiger partial charge >= 0.3 is 12.4 Å². The van der Waals surface area contributed by atoms with Crippen LogP contribution in [0.2, 0.25) is 0 Å². The molecule has 1 saturated heterocycles. The van der Waals surface area contributed by atoms with Gasteiger partial charge in [-0.3, -0.25) is 9.69 Å². The average Bonchev–Trinajstić information content (AvgIpc) is 3.47. The van der Waals surface area contributed by atoms with Crippen LogP contribution in [0.3, 0.4) is 0 Å². The van der Waals surface area contributed by atoms with Crippen molar-refractivity contribution in [2.45, 2.75) is 18.9 Å². The van der Waals surface area contributed by atoms with Gasteiger partial charge in [-0.25, -0.2) is 9.97 Å². The summed E-state index contributed by atoms with van der Waals surface area (Å²) >= 11 is 0. The van der Waals surface area contributed by atoms with Gasteiger partial charge in [-0.1, -0.05) is 29.4 Å². The minimum absolute atomic E-state index is 0.0766. The minimum atomic E-state index is -4.61. The molecule has 1 aliphatic heterocycles. The zero-order valence-corrected chi connectivity index (χ0v) is 21.7. The number of hydrogen-bond acceptors (Lipinski definition) is 8. The number of benzene rings is 2. The first-order chi connectivity index (χ1) is 20.0. The van der Waals surface area contributed by atoms with Gasteiger partial charge < -0.3 is 14.2 Å². The molecule has 3 heterocycles. The maximum absolute atomic E-state index is 13.3. The molecule has 2 aromatic heterocycles. The van der Waals surface area contributed by atoms with E-state index in [4.69, 9.17) is 9.26 Å². The second-order valence-electron chi connectivity index (χ2n) is 9.37. The number of ether oxygens (including phenoxy) is 1. The maximum atomic E-state index is 13.3. The van der Waals surface area contributed by atoms with Crippen molar-refractivity contribution in [3.05, 3.63) is 77.7 Å². The molecule has 1 amide bonds. The molecule has 1 aliphatic rings. The van der Waals surface area contributed by atoms with Gasteiger partial charge in [0.25, 0.3) is 11.8 Å². The number of piperazine rings is 1. The molecule has 0 atom stereocenters. The first-order valence-electron chi connectivity index (χ1n) is 12.6. The molecule has 2 aromatic carbocycles. The third-order valence-corrected chi connectivity index (χ3v) is 6.38. The second-order valence-corrected chi connectivity index (χ2v) is 9.37. The molecule has 4 aromatic rings. The molecule has 0 saturated carbocycles. The Balaban J connectivity index is 1.15. The van der Waals surface area contributed by atoms with Crippen LogP contribution in [0.25, 0.3) is 23.0 Å². The largest absolute Gasteiger partial charge is 0.484 e. The summed E-state index contributed by atoms with van der Waals surface area (Å²) < 4.78 is 86.7. The summed E-state index contributed by atoms with van der Waals surface area (Å²) in [5, 5.41) is 3.71. The fourth-order valence-corrected chi connectivity index (χ4v) is 4.29. The summed E-state index contributed by atoms with van der Waals surface area (Å²) in [5.74, 6) is -0.622. The SMILES string of the molecule is O=C(c1cnc(-c2noc(-c3ccccc3C(F)(F)F)n2)cn1)N1CCN(Cc2ccc(OCC(F)(F)F)cc2)CC1. The van der Waals surface area contributed by atoms with E-state index in [1.165, 1.54) is 42.7 Å². The highest BCUT2D eigenvalue weighted by Gasteiger charge is 2.35. The second kappa shape index (κ2) is 11.8. The van der Waals surface area contributed by atoms with E-state index in [1.807, 2.05) is 0 Å². The van der Waals surface area contributed by atoms with Crippen LogP contribution in [-0.2, 0) is 12.7 Å². The molecule has 5 rings (SSSR count). The first kappa shape index (κ1) is 29.0. The molecule has 9 nitrogen and oxygen atoms in total.